The van der Waals surface area contributed by atoms with Crippen LogP contribution in [0.3, 0.4) is 0 Å². The lowest BCUT2D eigenvalue weighted by atomic mass is 10.3. The minimum atomic E-state index is 0.648. The van der Waals surface area contributed by atoms with Gasteiger partial charge in [0.15, 0.2) is 0 Å². The van der Waals surface area contributed by atoms with Crippen molar-refractivity contribution in [3.63, 3.8) is 0 Å². The summed E-state index contributed by atoms with van der Waals surface area (Å²) >= 11 is 0. The second-order valence-corrected chi connectivity index (χ2v) is 2.35. The Morgan fingerprint density at radius 1 is 1.50 bits per heavy atom. The molecular formula is C7H16N. The summed E-state index contributed by atoms with van der Waals surface area (Å²) in [6, 6.07) is 0.648. The predicted molar refractivity (Wildman–Crippen MR) is 37.5 cm³/mol. The van der Waals surface area contributed by atoms with E-state index in [1.807, 2.05) is 0 Å². The van der Waals surface area contributed by atoms with E-state index in [0.29, 0.717) is 6.04 Å². The van der Waals surface area contributed by atoms with Crippen LogP contribution in [0, 0.1) is 6.54 Å². The van der Waals surface area contributed by atoms with E-state index in [9.17, 15) is 0 Å². The first-order valence-electron chi connectivity index (χ1n) is 3.23. The Kier molecular flexibility index (Phi) is 3.88. The molecule has 0 amide bonds. The van der Waals surface area contributed by atoms with Gasteiger partial charge in [-0.2, -0.15) is 0 Å². The lowest BCUT2D eigenvalue weighted by molar-refractivity contribution is 0.327. The Hall–Kier alpha value is -0.0400. The number of hydrogen-bond donors (Lipinski definition) is 0. The maximum atomic E-state index is 2.22. The van der Waals surface area contributed by atoms with Gasteiger partial charge in [0.1, 0.15) is 0 Å². The Balaban J connectivity index is 3.17. The second kappa shape index (κ2) is 3.90. The van der Waals surface area contributed by atoms with E-state index < -0.39 is 0 Å². The van der Waals surface area contributed by atoms with Crippen molar-refractivity contribution in [1.82, 2.24) is 4.90 Å². The van der Waals surface area contributed by atoms with Crippen LogP contribution in [0.4, 0.5) is 0 Å². The van der Waals surface area contributed by atoms with Gasteiger partial charge in [-0.15, -0.1) is 0 Å². The van der Waals surface area contributed by atoms with E-state index in [1.54, 1.807) is 0 Å². The van der Waals surface area contributed by atoms with Crippen LogP contribution in [0.1, 0.15) is 27.2 Å². The monoisotopic (exact) mass is 114 g/mol. The van der Waals surface area contributed by atoms with Gasteiger partial charge in [0, 0.05) is 12.6 Å². The summed E-state index contributed by atoms with van der Waals surface area (Å²) in [7, 11) is 2.11. The van der Waals surface area contributed by atoms with E-state index in [4.69, 9.17) is 0 Å². The number of rotatable bonds is 3. The van der Waals surface area contributed by atoms with Crippen molar-refractivity contribution in [2.24, 2.45) is 0 Å². The van der Waals surface area contributed by atoms with Crippen molar-refractivity contribution < 1.29 is 0 Å². The molecule has 0 spiro atoms. The van der Waals surface area contributed by atoms with E-state index >= 15 is 0 Å². The van der Waals surface area contributed by atoms with Gasteiger partial charge >= 0.3 is 0 Å². The lowest BCUT2D eigenvalue weighted by Gasteiger charge is -2.18. The van der Waals surface area contributed by atoms with Crippen molar-refractivity contribution in [2.75, 3.05) is 7.05 Å². The highest BCUT2D eigenvalue weighted by molar-refractivity contribution is 4.65. The van der Waals surface area contributed by atoms with Crippen LogP contribution < -0.4 is 0 Å². The van der Waals surface area contributed by atoms with E-state index in [0.717, 1.165) is 6.42 Å². The maximum absolute atomic E-state index is 2.22. The molecule has 49 valence electrons. The number of hydrogen-bond acceptors (Lipinski definition) is 1. The zero-order valence-corrected chi connectivity index (χ0v) is 6.31. The highest BCUT2D eigenvalue weighted by Crippen LogP contribution is 1.97. The van der Waals surface area contributed by atoms with Crippen molar-refractivity contribution in [3.05, 3.63) is 6.54 Å². The molecule has 0 heterocycles. The van der Waals surface area contributed by atoms with Crippen LogP contribution >= 0.6 is 0 Å². The van der Waals surface area contributed by atoms with Gasteiger partial charge in [0.25, 0.3) is 0 Å². The van der Waals surface area contributed by atoms with E-state index in [2.05, 4.69) is 39.3 Å². The largest absolute Gasteiger partial charge is 0.299 e. The molecule has 8 heavy (non-hydrogen) atoms. The summed E-state index contributed by atoms with van der Waals surface area (Å²) in [6.45, 7) is 8.72. The Bertz CT molecular complexity index is 50.3. The molecule has 0 fully saturated rings. The highest BCUT2D eigenvalue weighted by Gasteiger charge is 1.98. The average Bonchev–Trinajstić information content (AvgIpc) is 1.67. The summed E-state index contributed by atoms with van der Waals surface area (Å²) in [5.41, 5.74) is 0. The standard InChI is InChI=1S/C7H16N/c1-5-6-8(4)7(2)3/h6-7H,5H2,1-4H3. The number of nitrogens with zero attached hydrogens (tertiary/aromatic N) is 1. The SMILES string of the molecule is CC[CH]N(C)C(C)C. The molecule has 0 aromatic carbocycles. The molecule has 1 heteroatoms. The van der Waals surface area contributed by atoms with Crippen LogP contribution in [0.2, 0.25) is 0 Å². The molecule has 0 rings (SSSR count). The first-order chi connectivity index (χ1) is 3.68. The van der Waals surface area contributed by atoms with E-state index in [-0.39, 0.29) is 0 Å². The molecule has 0 aliphatic heterocycles. The molecule has 0 aliphatic rings. The zero-order valence-electron chi connectivity index (χ0n) is 6.31. The Morgan fingerprint density at radius 3 is 2.12 bits per heavy atom. The fourth-order valence-corrected chi connectivity index (χ4v) is 0.499. The molecule has 1 radical (unpaired) electrons. The summed E-state index contributed by atoms with van der Waals surface area (Å²) < 4.78 is 0. The van der Waals surface area contributed by atoms with Gasteiger partial charge in [-0.1, -0.05) is 6.92 Å². The van der Waals surface area contributed by atoms with Crippen molar-refractivity contribution in [2.45, 2.75) is 33.2 Å². The minimum Gasteiger partial charge on any atom is -0.299 e. The third kappa shape index (κ3) is 3.03. The van der Waals surface area contributed by atoms with Gasteiger partial charge in [-0.05, 0) is 27.3 Å². The van der Waals surface area contributed by atoms with Crippen LogP contribution in [-0.4, -0.2) is 18.0 Å². The molecule has 0 unspecified atom stereocenters. The molecule has 0 aliphatic carbocycles. The second-order valence-electron chi connectivity index (χ2n) is 2.35. The summed E-state index contributed by atoms with van der Waals surface area (Å²) in [6.07, 6.45) is 1.13. The topological polar surface area (TPSA) is 3.24 Å². The molecule has 0 saturated carbocycles. The fourth-order valence-electron chi connectivity index (χ4n) is 0.499. The molecule has 0 aromatic rings. The average molecular weight is 114 g/mol. The predicted octanol–water partition coefficient (Wildman–Crippen LogP) is 1.90. The molecule has 1 nitrogen and oxygen atoms in total. The molecule has 0 saturated heterocycles. The zero-order chi connectivity index (χ0) is 6.57. The Labute approximate surface area is 52.7 Å². The van der Waals surface area contributed by atoms with Crippen LogP contribution in [0.25, 0.3) is 0 Å². The summed E-state index contributed by atoms with van der Waals surface area (Å²) in [4.78, 5) is 2.22. The van der Waals surface area contributed by atoms with Crippen LogP contribution in [-0.2, 0) is 0 Å². The van der Waals surface area contributed by atoms with Crippen LogP contribution in [0.15, 0.2) is 0 Å². The van der Waals surface area contributed by atoms with Crippen molar-refractivity contribution in [3.8, 4) is 0 Å². The van der Waals surface area contributed by atoms with Gasteiger partial charge in [-0.25, -0.2) is 0 Å². The first-order valence-corrected chi connectivity index (χ1v) is 3.23. The summed E-state index contributed by atoms with van der Waals surface area (Å²) in [5.74, 6) is 0. The molecule has 0 aromatic heterocycles. The van der Waals surface area contributed by atoms with Gasteiger partial charge in [-0.3, -0.25) is 4.90 Å². The molecule has 0 atom stereocenters. The van der Waals surface area contributed by atoms with Gasteiger partial charge < -0.3 is 0 Å². The maximum Gasteiger partial charge on any atom is 0.0248 e. The van der Waals surface area contributed by atoms with Crippen molar-refractivity contribution >= 4 is 0 Å². The summed E-state index contributed by atoms with van der Waals surface area (Å²) in [5, 5.41) is 0. The molecule has 0 bridgehead atoms. The Morgan fingerprint density at radius 2 is 2.00 bits per heavy atom. The highest BCUT2D eigenvalue weighted by atomic mass is 15.1. The lowest BCUT2D eigenvalue weighted by Crippen LogP contribution is -2.22. The fraction of sp³-hybridized carbons (Fsp3) is 0.857. The smallest absolute Gasteiger partial charge is 0.0248 e. The van der Waals surface area contributed by atoms with E-state index in [1.165, 1.54) is 0 Å². The van der Waals surface area contributed by atoms with Crippen LogP contribution in [0.5, 0.6) is 0 Å². The molecular weight excluding hydrogens is 98.1 g/mol. The van der Waals surface area contributed by atoms with Crippen molar-refractivity contribution in [1.29, 1.82) is 0 Å². The normalized spacial score (nSPS) is 11.2. The van der Waals surface area contributed by atoms with Gasteiger partial charge in [0.05, 0.1) is 0 Å². The first kappa shape index (κ1) is 7.96. The molecule has 0 N–H and O–H groups in total. The quantitative estimate of drug-likeness (QED) is 0.541. The third-order valence-corrected chi connectivity index (χ3v) is 1.29. The minimum absolute atomic E-state index is 0.648. The third-order valence-electron chi connectivity index (χ3n) is 1.29. The van der Waals surface area contributed by atoms with Gasteiger partial charge in [0.2, 0.25) is 0 Å².